The zero-order valence-electron chi connectivity index (χ0n) is 16.2. The summed E-state index contributed by atoms with van der Waals surface area (Å²) in [5, 5.41) is 2.70. The van der Waals surface area contributed by atoms with E-state index in [-0.39, 0.29) is 18.4 Å². The molecule has 1 saturated heterocycles. The SMILES string of the molecule is CC(C)(C)OC(=O)N1CCCC1C(=O)NCC(=O)N1CCc2ccccc21. The molecule has 7 nitrogen and oxygen atoms in total. The first-order chi connectivity index (χ1) is 12.8. The molecule has 1 aromatic rings. The Morgan fingerprint density at radius 2 is 1.93 bits per heavy atom. The highest BCUT2D eigenvalue weighted by Crippen LogP contribution is 2.27. The lowest BCUT2D eigenvalue weighted by atomic mass is 10.2. The molecule has 0 aromatic heterocycles. The third-order valence-electron chi connectivity index (χ3n) is 4.79. The summed E-state index contributed by atoms with van der Waals surface area (Å²) >= 11 is 0. The summed E-state index contributed by atoms with van der Waals surface area (Å²) in [4.78, 5) is 40.6. The van der Waals surface area contributed by atoms with Gasteiger partial charge in [0.15, 0.2) is 0 Å². The summed E-state index contributed by atoms with van der Waals surface area (Å²) in [6, 6.07) is 7.21. The van der Waals surface area contributed by atoms with Gasteiger partial charge in [-0.2, -0.15) is 0 Å². The number of hydrogen-bond acceptors (Lipinski definition) is 4. The molecule has 0 saturated carbocycles. The van der Waals surface area contributed by atoms with Crippen LogP contribution in [0.2, 0.25) is 0 Å². The number of likely N-dealkylation sites (tertiary alicyclic amines) is 1. The van der Waals surface area contributed by atoms with Crippen molar-refractivity contribution in [3.63, 3.8) is 0 Å². The van der Waals surface area contributed by atoms with Gasteiger partial charge in [0, 0.05) is 18.8 Å². The van der Waals surface area contributed by atoms with Gasteiger partial charge in [0.25, 0.3) is 0 Å². The van der Waals surface area contributed by atoms with Gasteiger partial charge in [0.1, 0.15) is 11.6 Å². The lowest BCUT2D eigenvalue weighted by Gasteiger charge is -2.28. The Balaban J connectivity index is 1.56. The van der Waals surface area contributed by atoms with Gasteiger partial charge in [0.2, 0.25) is 11.8 Å². The van der Waals surface area contributed by atoms with E-state index in [0.717, 1.165) is 24.1 Å². The molecule has 0 bridgehead atoms. The molecule has 3 rings (SSSR count). The van der Waals surface area contributed by atoms with Crippen LogP contribution in [0.3, 0.4) is 0 Å². The Labute approximate surface area is 159 Å². The first-order valence-corrected chi connectivity index (χ1v) is 9.42. The number of amides is 3. The van der Waals surface area contributed by atoms with Crippen molar-refractivity contribution in [2.75, 3.05) is 24.5 Å². The monoisotopic (exact) mass is 373 g/mol. The van der Waals surface area contributed by atoms with Crippen molar-refractivity contribution >= 4 is 23.6 Å². The predicted molar refractivity (Wildman–Crippen MR) is 101 cm³/mol. The van der Waals surface area contributed by atoms with E-state index in [1.54, 1.807) is 25.7 Å². The molecule has 1 N–H and O–H groups in total. The highest BCUT2D eigenvalue weighted by Gasteiger charge is 2.37. The molecule has 2 aliphatic heterocycles. The minimum atomic E-state index is -0.611. The number of anilines is 1. The van der Waals surface area contributed by atoms with Crippen LogP contribution in [0.25, 0.3) is 0 Å². The molecule has 2 heterocycles. The van der Waals surface area contributed by atoms with Crippen molar-refractivity contribution in [2.45, 2.75) is 51.7 Å². The predicted octanol–water partition coefficient (Wildman–Crippen LogP) is 2.09. The van der Waals surface area contributed by atoms with E-state index in [1.807, 2.05) is 24.3 Å². The summed E-state index contributed by atoms with van der Waals surface area (Å²) in [7, 11) is 0. The van der Waals surface area contributed by atoms with Crippen LogP contribution in [0.5, 0.6) is 0 Å². The van der Waals surface area contributed by atoms with Crippen molar-refractivity contribution in [1.29, 1.82) is 0 Å². The second-order valence-electron chi connectivity index (χ2n) is 7.97. The normalized spacial score (nSPS) is 19.0. The number of fused-ring (bicyclic) bond motifs is 1. The average Bonchev–Trinajstić information content (AvgIpc) is 3.24. The third kappa shape index (κ3) is 4.40. The molecular weight excluding hydrogens is 346 g/mol. The molecule has 0 radical (unpaired) electrons. The summed E-state index contributed by atoms with van der Waals surface area (Å²) < 4.78 is 5.38. The first-order valence-electron chi connectivity index (χ1n) is 9.42. The fourth-order valence-electron chi connectivity index (χ4n) is 3.55. The van der Waals surface area contributed by atoms with Crippen LogP contribution in [-0.4, -0.2) is 54.1 Å². The maximum atomic E-state index is 12.6. The van der Waals surface area contributed by atoms with Gasteiger partial charge in [0.05, 0.1) is 6.54 Å². The maximum Gasteiger partial charge on any atom is 0.410 e. The number of benzene rings is 1. The molecule has 27 heavy (non-hydrogen) atoms. The average molecular weight is 373 g/mol. The topological polar surface area (TPSA) is 79.0 Å². The van der Waals surface area contributed by atoms with Crippen LogP contribution < -0.4 is 10.2 Å². The summed E-state index contributed by atoms with van der Waals surface area (Å²) in [5.41, 5.74) is 1.44. The second-order valence-corrected chi connectivity index (χ2v) is 7.97. The quantitative estimate of drug-likeness (QED) is 0.880. The van der Waals surface area contributed by atoms with Crippen molar-refractivity contribution < 1.29 is 19.1 Å². The molecule has 1 aromatic carbocycles. The van der Waals surface area contributed by atoms with Gasteiger partial charge in [-0.3, -0.25) is 14.5 Å². The van der Waals surface area contributed by atoms with E-state index in [1.165, 1.54) is 4.90 Å². The Morgan fingerprint density at radius 1 is 1.19 bits per heavy atom. The minimum absolute atomic E-state index is 0.0776. The summed E-state index contributed by atoms with van der Waals surface area (Å²) in [6.45, 7) is 6.42. The van der Waals surface area contributed by atoms with E-state index in [9.17, 15) is 14.4 Å². The lowest BCUT2D eigenvalue weighted by molar-refractivity contribution is -0.128. The van der Waals surface area contributed by atoms with Crippen molar-refractivity contribution in [1.82, 2.24) is 10.2 Å². The zero-order chi connectivity index (χ0) is 19.6. The summed E-state index contributed by atoms with van der Waals surface area (Å²) in [6.07, 6.45) is 1.65. The molecule has 0 aliphatic carbocycles. The van der Waals surface area contributed by atoms with Crippen LogP contribution in [0.4, 0.5) is 10.5 Å². The Bertz CT molecular complexity index is 741. The van der Waals surface area contributed by atoms with Gasteiger partial charge >= 0.3 is 6.09 Å². The van der Waals surface area contributed by atoms with Crippen LogP contribution >= 0.6 is 0 Å². The fourth-order valence-corrected chi connectivity index (χ4v) is 3.55. The maximum absolute atomic E-state index is 12.6. The molecule has 3 amide bonds. The lowest BCUT2D eigenvalue weighted by Crippen LogP contribution is -2.49. The molecular formula is C20H27N3O4. The standard InChI is InChI=1S/C20H27N3O4/c1-20(2,3)27-19(26)23-11-6-9-16(23)18(25)21-13-17(24)22-12-10-14-7-4-5-8-15(14)22/h4-5,7-8,16H,6,9-13H2,1-3H3,(H,21,25). The Kier molecular flexibility index (Phi) is 5.39. The van der Waals surface area contributed by atoms with Crippen LogP contribution in [-0.2, 0) is 20.7 Å². The van der Waals surface area contributed by atoms with Gasteiger partial charge < -0.3 is 15.0 Å². The number of hydrogen-bond donors (Lipinski definition) is 1. The van der Waals surface area contributed by atoms with E-state index in [2.05, 4.69) is 5.32 Å². The van der Waals surface area contributed by atoms with Gasteiger partial charge in [-0.05, 0) is 51.7 Å². The largest absolute Gasteiger partial charge is 0.444 e. The highest BCUT2D eigenvalue weighted by molar-refractivity contribution is 5.99. The van der Waals surface area contributed by atoms with Crippen LogP contribution in [0.15, 0.2) is 24.3 Å². The van der Waals surface area contributed by atoms with Crippen LogP contribution in [0.1, 0.15) is 39.2 Å². The second kappa shape index (κ2) is 7.58. The Morgan fingerprint density at radius 3 is 2.67 bits per heavy atom. The first kappa shape index (κ1) is 19.2. The highest BCUT2D eigenvalue weighted by atomic mass is 16.6. The third-order valence-corrected chi connectivity index (χ3v) is 4.79. The smallest absolute Gasteiger partial charge is 0.410 e. The minimum Gasteiger partial charge on any atom is -0.444 e. The summed E-state index contributed by atoms with van der Waals surface area (Å²) in [5.74, 6) is -0.450. The number of carbonyl (C=O) groups excluding carboxylic acids is 3. The number of nitrogens with one attached hydrogen (secondary N) is 1. The number of para-hydroxylation sites is 1. The van der Waals surface area contributed by atoms with Crippen molar-refractivity contribution in [2.24, 2.45) is 0 Å². The fraction of sp³-hybridized carbons (Fsp3) is 0.550. The number of rotatable bonds is 3. The molecule has 1 unspecified atom stereocenters. The molecule has 0 spiro atoms. The molecule has 1 fully saturated rings. The molecule has 2 aliphatic rings. The number of nitrogens with zero attached hydrogens (tertiary/aromatic N) is 2. The van der Waals surface area contributed by atoms with Gasteiger partial charge in [-0.25, -0.2) is 4.79 Å². The van der Waals surface area contributed by atoms with Crippen LogP contribution in [0, 0.1) is 0 Å². The van der Waals surface area contributed by atoms with Crippen molar-refractivity contribution in [3.05, 3.63) is 29.8 Å². The number of ether oxygens (including phenoxy) is 1. The Hall–Kier alpha value is -2.57. The van der Waals surface area contributed by atoms with Gasteiger partial charge in [-0.15, -0.1) is 0 Å². The van der Waals surface area contributed by atoms with E-state index in [4.69, 9.17) is 4.74 Å². The van der Waals surface area contributed by atoms with E-state index >= 15 is 0 Å². The molecule has 7 heteroatoms. The van der Waals surface area contributed by atoms with E-state index < -0.39 is 17.7 Å². The molecule has 146 valence electrons. The van der Waals surface area contributed by atoms with E-state index in [0.29, 0.717) is 19.5 Å². The molecule has 1 atom stereocenters. The zero-order valence-corrected chi connectivity index (χ0v) is 16.2. The van der Waals surface area contributed by atoms with Gasteiger partial charge in [-0.1, -0.05) is 18.2 Å². The number of carbonyl (C=O) groups is 3. The van der Waals surface area contributed by atoms with Crippen molar-refractivity contribution in [3.8, 4) is 0 Å².